The molecule has 4 heteroatoms. The molecule has 3 rings (SSSR count). The van der Waals surface area contributed by atoms with E-state index in [-0.39, 0.29) is 5.78 Å². The van der Waals surface area contributed by atoms with Crippen molar-refractivity contribution < 1.29 is 9.53 Å². The van der Waals surface area contributed by atoms with E-state index in [1.165, 1.54) is 5.56 Å². The first-order valence-corrected chi connectivity index (χ1v) is 8.38. The van der Waals surface area contributed by atoms with Crippen LogP contribution in [0.2, 0.25) is 0 Å². The molecule has 124 valence electrons. The Hall–Kier alpha value is -2.62. The van der Waals surface area contributed by atoms with Crippen LogP contribution < -0.4 is 4.74 Å². The molecular formula is C20H22N2O2. The number of aromatic nitrogens is 2. The number of pyridine rings is 1. The summed E-state index contributed by atoms with van der Waals surface area (Å²) in [6.07, 6.45) is 4.14. The Bertz CT molecular complexity index is 837. The van der Waals surface area contributed by atoms with Gasteiger partial charge in [-0.25, -0.2) is 4.98 Å². The minimum Gasteiger partial charge on any atom is -0.490 e. The number of rotatable bonds is 7. The van der Waals surface area contributed by atoms with Crippen molar-refractivity contribution in [2.24, 2.45) is 0 Å². The minimum absolute atomic E-state index is 0.129. The van der Waals surface area contributed by atoms with E-state index in [2.05, 4.69) is 17.1 Å². The van der Waals surface area contributed by atoms with Crippen LogP contribution in [0.1, 0.15) is 41.5 Å². The lowest BCUT2D eigenvalue weighted by Gasteiger charge is -2.06. The van der Waals surface area contributed by atoms with Gasteiger partial charge in [0.2, 0.25) is 0 Å². The predicted molar refractivity (Wildman–Crippen MR) is 94.8 cm³/mol. The van der Waals surface area contributed by atoms with Gasteiger partial charge in [-0.15, -0.1) is 0 Å². The first-order valence-electron chi connectivity index (χ1n) is 8.38. The topological polar surface area (TPSA) is 43.6 Å². The Balaban J connectivity index is 1.77. The van der Waals surface area contributed by atoms with E-state index in [1.807, 2.05) is 54.8 Å². The number of carbonyl (C=O) groups excluding carboxylic acids is 1. The van der Waals surface area contributed by atoms with E-state index in [0.717, 1.165) is 18.5 Å². The lowest BCUT2D eigenvalue weighted by atomic mass is 10.0. The second kappa shape index (κ2) is 7.30. The summed E-state index contributed by atoms with van der Waals surface area (Å²) in [5.41, 5.74) is 3.40. The maximum atomic E-state index is 12.7. The van der Waals surface area contributed by atoms with Crippen LogP contribution in [-0.2, 0) is 6.42 Å². The number of ether oxygens (including phenoxy) is 1. The minimum atomic E-state index is 0.129. The molecule has 2 heterocycles. The van der Waals surface area contributed by atoms with E-state index < -0.39 is 0 Å². The van der Waals surface area contributed by atoms with Gasteiger partial charge in [0.05, 0.1) is 12.3 Å². The van der Waals surface area contributed by atoms with Gasteiger partial charge in [-0.3, -0.25) is 9.20 Å². The monoisotopic (exact) mass is 322 g/mol. The van der Waals surface area contributed by atoms with E-state index >= 15 is 0 Å². The summed E-state index contributed by atoms with van der Waals surface area (Å²) in [6.45, 7) is 4.40. The number of ketones is 1. The second-order valence-electron chi connectivity index (χ2n) is 5.81. The number of aryl methyl sites for hydroxylation is 2. The molecule has 24 heavy (non-hydrogen) atoms. The fourth-order valence-corrected chi connectivity index (χ4v) is 2.98. The van der Waals surface area contributed by atoms with Gasteiger partial charge < -0.3 is 4.74 Å². The lowest BCUT2D eigenvalue weighted by Crippen LogP contribution is -2.06. The van der Waals surface area contributed by atoms with Crippen LogP contribution in [0, 0.1) is 6.92 Å². The van der Waals surface area contributed by atoms with Crippen molar-refractivity contribution in [2.75, 3.05) is 6.61 Å². The smallest absolute Gasteiger partial charge is 0.181 e. The molecule has 2 aromatic heterocycles. The summed E-state index contributed by atoms with van der Waals surface area (Å²) < 4.78 is 7.46. The first-order chi connectivity index (χ1) is 11.7. The number of Topliss-reactive ketones (excluding diaryl/α,β-unsaturated/α-hetero) is 1. The predicted octanol–water partition coefficient (Wildman–Crippen LogP) is 4.25. The van der Waals surface area contributed by atoms with Crippen LogP contribution in [0.3, 0.4) is 0 Å². The highest BCUT2D eigenvalue weighted by Crippen LogP contribution is 2.23. The molecule has 4 nitrogen and oxygen atoms in total. The Morgan fingerprint density at radius 2 is 1.96 bits per heavy atom. The number of fused-ring (bicyclic) bond motifs is 1. The number of benzene rings is 1. The quantitative estimate of drug-likeness (QED) is 0.611. The Morgan fingerprint density at radius 3 is 2.71 bits per heavy atom. The van der Waals surface area contributed by atoms with Crippen LogP contribution in [-0.4, -0.2) is 21.8 Å². The van der Waals surface area contributed by atoms with Crippen molar-refractivity contribution in [1.82, 2.24) is 9.38 Å². The number of hydrogen-bond donors (Lipinski definition) is 0. The van der Waals surface area contributed by atoms with Crippen LogP contribution in [0.5, 0.6) is 5.75 Å². The standard InChI is InChI=1S/C20H22N2O2/c1-3-24-18-13-8-14-22-19(15(2)21-20(18)22)17(23)12-7-11-16-9-5-4-6-10-16/h4-6,8-10,13-14H,3,7,11-12H2,1-2H3. The molecule has 0 unspecified atom stereocenters. The molecule has 0 spiro atoms. The van der Waals surface area contributed by atoms with E-state index in [9.17, 15) is 4.79 Å². The van der Waals surface area contributed by atoms with Gasteiger partial charge in [0.25, 0.3) is 0 Å². The van der Waals surface area contributed by atoms with E-state index in [0.29, 0.717) is 30.1 Å². The van der Waals surface area contributed by atoms with Gasteiger partial charge in [-0.05, 0) is 44.4 Å². The lowest BCUT2D eigenvalue weighted by molar-refractivity contribution is 0.0974. The highest BCUT2D eigenvalue weighted by atomic mass is 16.5. The third-order valence-corrected chi connectivity index (χ3v) is 4.06. The van der Waals surface area contributed by atoms with Crippen molar-refractivity contribution in [3.8, 4) is 5.75 Å². The molecule has 0 aliphatic heterocycles. The third-order valence-electron chi connectivity index (χ3n) is 4.06. The summed E-state index contributed by atoms with van der Waals surface area (Å²) >= 11 is 0. The van der Waals surface area contributed by atoms with Gasteiger partial charge in [-0.2, -0.15) is 0 Å². The van der Waals surface area contributed by atoms with Crippen LogP contribution >= 0.6 is 0 Å². The van der Waals surface area contributed by atoms with Crippen molar-refractivity contribution in [3.05, 3.63) is 65.6 Å². The number of hydrogen-bond acceptors (Lipinski definition) is 3. The number of nitrogens with zero attached hydrogens (tertiary/aromatic N) is 2. The molecule has 0 amide bonds. The Labute approximate surface area is 142 Å². The average molecular weight is 322 g/mol. The fraction of sp³-hybridized carbons (Fsp3) is 0.300. The van der Waals surface area contributed by atoms with Gasteiger partial charge in [0, 0.05) is 12.6 Å². The summed E-state index contributed by atoms with van der Waals surface area (Å²) in [5.74, 6) is 0.844. The molecule has 0 fully saturated rings. The maximum Gasteiger partial charge on any atom is 0.181 e. The fourth-order valence-electron chi connectivity index (χ4n) is 2.98. The second-order valence-corrected chi connectivity index (χ2v) is 5.81. The molecule has 0 bridgehead atoms. The zero-order valence-corrected chi connectivity index (χ0v) is 14.2. The van der Waals surface area contributed by atoms with Crippen molar-refractivity contribution in [2.45, 2.75) is 33.1 Å². The summed E-state index contributed by atoms with van der Waals surface area (Å²) in [5, 5.41) is 0. The molecule has 0 radical (unpaired) electrons. The van der Waals surface area contributed by atoms with Gasteiger partial charge >= 0.3 is 0 Å². The highest BCUT2D eigenvalue weighted by Gasteiger charge is 2.18. The largest absolute Gasteiger partial charge is 0.490 e. The number of carbonyl (C=O) groups is 1. The average Bonchev–Trinajstić information content (AvgIpc) is 2.93. The van der Waals surface area contributed by atoms with E-state index in [1.54, 1.807) is 0 Å². The molecule has 0 saturated heterocycles. The normalized spacial score (nSPS) is 10.9. The molecule has 0 aliphatic rings. The molecule has 1 aromatic carbocycles. The zero-order valence-electron chi connectivity index (χ0n) is 14.2. The molecule has 3 aromatic rings. The third kappa shape index (κ3) is 3.32. The Morgan fingerprint density at radius 1 is 1.17 bits per heavy atom. The first kappa shape index (κ1) is 16.2. The molecular weight excluding hydrogens is 300 g/mol. The van der Waals surface area contributed by atoms with E-state index in [4.69, 9.17) is 4.74 Å². The summed E-state index contributed by atoms with van der Waals surface area (Å²) in [7, 11) is 0. The van der Waals surface area contributed by atoms with Crippen molar-refractivity contribution >= 4 is 11.4 Å². The molecule has 0 N–H and O–H groups in total. The zero-order chi connectivity index (χ0) is 16.9. The van der Waals surface area contributed by atoms with Gasteiger partial charge in [0.1, 0.15) is 5.69 Å². The SMILES string of the molecule is CCOc1cccn2c(C(=O)CCCc3ccccc3)c(C)nc12. The molecule has 0 saturated carbocycles. The Kier molecular flexibility index (Phi) is 4.94. The van der Waals surface area contributed by atoms with Crippen LogP contribution in [0.25, 0.3) is 5.65 Å². The highest BCUT2D eigenvalue weighted by molar-refractivity contribution is 5.96. The van der Waals surface area contributed by atoms with Gasteiger partial charge in [0.15, 0.2) is 17.2 Å². The van der Waals surface area contributed by atoms with Crippen molar-refractivity contribution in [3.63, 3.8) is 0 Å². The number of imidazole rings is 1. The summed E-state index contributed by atoms with van der Waals surface area (Å²) in [6, 6.07) is 14.0. The molecule has 0 aliphatic carbocycles. The van der Waals surface area contributed by atoms with Crippen LogP contribution in [0.15, 0.2) is 48.7 Å². The van der Waals surface area contributed by atoms with Crippen LogP contribution in [0.4, 0.5) is 0 Å². The van der Waals surface area contributed by atoms with Crippen molar-refractivity contribution in [1.29, 1.82) is 0 Å². The van der Waals surface area contributed by atoms with Gasteiger partial charge in [-0.1, -0.05) is 30.3 Å². The summed E-state index contributed by atoms with van der Waals surface area (Å²) in [4.78, 5) is 17.2. The molecule has 0 atom stereocenters. The maximum absolute atomic E-state index is 12.7.